The number of benzene rings is 1. The third-order valence-electron chi connectivity index (χ3n) is 4.53. The molecule has 1 aliphatic heterocycles. The first kappa shape index (κ1) is 15.0. The van der Waals surface area contributed by atoms with Gasteiger partial charge in [0.15, 0.2) is 0 Å². The molecule has 3 heteroatoms. The Morgan fingerprint density at radius 3 is 2.55 bits per heavy atom. The summed E-state index contributed by atoms with van der Waals surface area (Å²) in [7, 11) is 0. The summed E-state index contributed by atoms with van der Waals surface area (Å²) in [4.78, 5) is 12.1. The molecule has 1 aliphatic rings. The molecular weight excluding hydrogens is 250 g/mol. The molecule has 1 atom stereocenters. The second-order valence-electron chi connectivity index (χ2n) is 5.69. The van der Waals surface area contributed by atoms with Crippen LogP contribution < -0.4 is 5.32 Å². The summed E-state index contributed by atoms with van der Waals surface area (Å²) in [5.41, 5.74) is 1.06. The third kappa shape index (κ3) is 3.40. The molecule has 0 aromatic heterocycles. The predicted molar refractivity (Wildman–Crippen MR) is 80.3 cm³/mol. The largest absolute Gasteiger partial charge is 0.377 e. The number of nitrogens with one attached hydrogen (secondary N) is 1. The Balaban J connectivity index is 1.72. The molecule has 1 fully saturated rings. The van der Waals surface area contributed by atoms with Gasteiger partial charge in [-0.25, -0.2) is 0 Å². The second kappa shape index (κ2) is 6.89. The molecule has 1 heterocycles. The van der Waals surface area contributed by atoms with Crippen molar-refractivity contribution in [3.63, 3.8) is 0 Å². The van der Waals surface area contributed by atoms with Crippen LogP contribution >= 0.6 is 0 Å². The van der Waals surface area contributed by atoms with Gasteiger partial charge >= 0.3 is 0 Å². The van der Waals surface area contributed by atoms with Crippen LogP contribution in [0.5, 0.6) is 0 Å². The minimum Gasteiger partial charge on any atom is -0.377 e. The van der Waals surface area contributed by atoms with Crippen LogP contribution in [-0.4, -0.2) is 18.6 Å². The van der Waals surface area contributed by atoms with E-state index < -0.39 is 0 Å². The van der Waals surface area contributed by atoms with E-state index in [-0.39, 0.29) is 17.4 Å². The van der Waals surface area contributed by atoms with Gasteiger partial charge in [-0.1, -0.05) is 44.2 Å². The fourth-order valence-electron chi connectivity index (χ4n) is 2.98. The number of hydrogen-bond donors (Lipinski definition) is 1. The van der Waals surface area contributed by atoms with Gasteiger partial charge in [0.05, 0.1) is 12.0 Å². The Morgan fingerprint density at radius 1 is 1.25 bits per heavy atom. The molecule has 1 aromatic rings. The van der Waals surface area contributed by atoms with Crippen LogP contribution in [-0.2, 0) is 16.1 Å². The molecule has 110 valence electrons. The van der Waals surface area contributed by atoms with Gasteiger partial charge in [-0.05, 0) is 31.2 Å². The van der Waals surface area contributed by atoms with Gasteiger partial charge in [-0.2, -0.15) is 0 Å². The Bertz CT molecular complexity index is 426. The van der Waals surface area contributed by atoms with E-state index in [0.29, 0.717) is 13.2 Å². The van der Waals surface area contributed by atoms with E-state index >= 15 is 0 Å². The predicted octanol–water partition coefficient (Wildman–Crippen LogP) is 3.29. The summed E-state index contributed by atoms with van der Waals surface area (Å²) in [6.45, 7) is 5.56. The molecule has 0 bridgehead atoms. The van der Waals surface area contributed by atoms with E-state index in [0.717, 1.165) is 25.7 Å². The van der Waals surface area contributed by atoms with Crippen LogP contribution in [0.25, 0.3) is 0 Å². The number of carbonyl (C=O) groups is 1. The first-order valence-electron chi connectivity index (χ1n) is 7.63. The zero-order chi connectivity index (χ0) is 14.4. The van der Waals surface area contributed by atoms with Crippen molar-refractivity contribution in [1.29, 1.82) is 0 Å². The van der Waals surface area contributed by atoms with Crippen molar-refractivity contribution in [3.05, 3.63) is 35.9 Å². The molecule has 0 saturated carbocycles. The van der Waals surface area contributed by atoms with E-state index in [1.807, 2.05) is 18.2 Å². The first-order valence-corrected chi connectivity index (χ1v) is 7.63. The molecular formula is C17H25NO2. The van der Waals surface area contributed by atoms with Gasteiger partial charge in [0, 0.05) is 12.6 Å². The first-order chi connectivity index (χ1) is 9.70. The standard InChI is InChI=1S/C17H25NO2/c1-3-17(4-2)12-15(18-16(17)19)10-11-20-13-14-8-6-5-7-9-14/h5-9,15H,3-4,10-13H2,1-2H3,(H,18,19)/t15-/m1/s1. The summed E-state index contributed by atoms with van der Waals surface area (Å²) in [6.07, 6.45) is 3.71. The molecule has 2 rings (SSSR count). The average Bonchev–Trinajstić information content (AvgIpc) is 2.81. The Labute approximate surface area is 121 Å². The van der Waals surface area contributed by atoms with Gasteiger partial charge in [-0.15, -0.1) is 0 Å². The monoisotopic (exact) mass is 275 g/mol. The molecule has 20 heavy (non-hydrogen) atoms. The lowest BCUT2D eigenvalue weighted by Crippen LogP contribution is -2.31. The summed E-state index contributed by atoms with van der Waals surface area (Å²) >= 11 is 0. The lowest BCUT2D eigenvalue weighted by Gasteiger charge is -2.22. The average molecular weight is 275 g/mol. The zero-order valence-electron chi connectivity index (χ0n) is 12.5. The Kier molecular flexibility index (Phi) is 5.18. The molecule has 3 nitrogen and oxygen atoms in total. The molecule has 0 aliphatic carbocycles. The van der Waals surface area contributed by atoms with E-state index in [1.54, 1.807) is 0 Å². The summed E-state index contributed by atoms with van der Waals surface area (Å²) in [6, 6.07) is 10.5. The van der Waals surface area contributed by atoms with Crippen LogP contribution in [0.2, 0.25) is 0 Å². The van der Waals surface area contributed by atoms with Gasteiger partial charge < -0.3 is 10.1 Å². The molecule has 1 N–H and O–H groups in total. The smallest absolute Gasteiger partial charge is 0.226 e. The number of carbonyl (C=O) groups excluding carboxylic acids is 1. The van der Waals surface area contributed by atoms with Crippen molar-refractivity contribution < 1.29 is 9.53 Å². The number of amides is 1. The van der Waals surface area contributed by atoms with Crippen molar-refractivity contribution in [3.8, 4) is 0 Å². The zero-order valence-corrected chi connectivity index (χ0v) is 12.5. The van der Waals surface area contributed by atoms with Crippen LogP contribution in [0.4, 0.5) is 0 Å². The fraction of sp³-hybridized carbons (Fsp3) is 0.588. The van der Waals surface area contributed by atoms with Gasteiger partial charge in [0.25, 0.3) is 0 Å². The summed E-state index contributed by atoms with van der Waals surface area (Å²) in [5, 5.41) is 3.13. The fourth-order valence-corrected chi connectivity index (χ4v) is 2.98. The summed E-state index contributed by atoms with van der Waals surface area (Å²) < 4.78 is 5.70. The van der Waals surface area contributed by atoms with Crippen molar-refractivity contribution in [2.24, 2.45) is 5.41 Å². The second-order valence-corrected chi connectivity index (χ2v) is 5.69. The molecule has 1 saturated heterocycles. The maximum Gasteiger partial charge on any atom is 0.226 e. The quantitative estimate of drug-likeness (QED) is 0.775. The van der Waals surface area contributed by atoms with Crippen molar-refractivity contribution in [2.75, 3.05) is 6.61 Å². The highest BCUT2D eigenvalue weighted by molar-refractivity contribution is 5.85. The SMILES string of the molecule is CCC1(CC)C[C@@H](CCOCc2ccccc2)NC1=O. The van der Waals surface area contributed by atoms with E-state index in [2.05, 4.69) is 31.3 Å². The van der Waals surface area contributed by atoms with Gasteiger partial charge in [0.1, 0.15) is 0 Å². The highest BCUT2D eigenvalue weighted by atomic mass is 16.5. The topological polar surface area (TPSA) is 38.3 Å². The van der Waals surface area contributed by atoms with Crippen molar-refractivity contribution in [1.82, 2.24) is 5.32 Å². The van der Waals surface area contributed by atoms with Crippen LogP contribution in [0.15, 0.2) is 30.3 Å². The third-order valence-corrected chi connectivity index (χ3v) is 4.53. The number of rotatable bonds is 7. The highest BCUT2D eigenvalue weighted by Crippen LogP contribution is 2.37. The number of ether oxygens (including phenoxy) is 1. The number of hydrogen-bond acceptors (Lipinski definition) is 2. The highest BCUT2D eigenvalue weighted by Gasteiger charge is 2.43. The van der Waals surface area contributed by atoms with Crippen molar-refractivity contribution >= 4 is 5.91 Å². The molecule has 0 unspecified atom stereocenters. The van der Waals surface area contributed by atoms with E-state index in [1.165, 1.54) is 5.56 Å². The minimum atomic E-state index is -0.135. The van der Waals surface area contributed by atoms with E-state index in [4.69, 9.17) is 4.74 Å². The van der Waals surface area contributed by atoms with Crippen LogP contribution in [0.1, 0.15) is 45.1 Å². The summed E-state index contributed by atoms with van der Waals surface area (Å²) in [5.74, 6) is 0.232. The Morgan fingerprint density at radius 2 is 1.95 bits per heavy atom. The van der Waals surface area contributed by atoms with E-state index in [9.17, 15) is 4.79 Å². The van der Waals surface area contributed by atoms with Gasteiger partial charge in [0.2, 0.25) is 5.91 Å². The van der Waals surface area contributed by atoms with Gasteiger partial charge in [-0.3, -0.25) is 4.79 Å². The van der Waals surface area contributed by atoms with Crippen molar-refractivity contribution in [2.45, 2.75) is 52.2 Å². The lowest BCUT2D eigenvalue weighted by atomic mass is 9.79. The maximum absolute atomic E-state index is 12.1. The lowest BCUT2D eigenvalue weighted by molar-refractivity contribution is -0.128. The molecule has 1 amide bonds. The van der Waals surface area contributed by atoms with Crippen LogP contribution in [0.3, 0.4) is 0 Å². The maximum atomic E-state index is 12.1. The normalized spacial score (nSPS) is 20.9. The Hall–Kier alpha value is -1.35. The van der Waals surface area contributed by atoms with Crippen LogP contribution in [0, 0.1) is 5.41 Å². The molecule has 0 radical (unpaired) electrons. The minimum absolute atomic E-state index is 0.135. The molecule has 0 spiro atoms. The molecule has 1 aromatic carbocycles.